The summed E-state index contributed by atoms with van der Waals surface area (Å²) >= 11 is 0. The maximum absolute atomic E-state index is 5.94. The Hall–Kier alpha value is -3.19. The quantitative estimate of drug-likeness (QED) is 0.607. The summed E-state index contributed by atoms with van der Waals surface area (Å²) in [5, 5.41) is 3.25. The van der Waals surface area contributed by atoms with Crippen LogP contribution in [0.5, 0.6) is 0 Å². The van der Waals surface area contributed by atoms with E-state index in [1.54, 1.807) is 0 Å². The molecule has 29 heavy (non-hydrogen) atoms. The molecule has 0 amide bonds. The van der Waals surface area contributed by atoms with Gasteiger partial charge >= 0.3 is 0 Å². The van der Waals surface area contributed by atoms with Crippen molar-refractivity contribution in [2.45, 2.75) is 26.9 Å². The molecule has 0 aliphatic heterocycles. The van der Waals surface area contributed by atoms with Crippen molar-refractivity contribution < 1.29 is 0 Å². The van der Waals surface area contributed by atoms with E-state index in [2.05, 4.69) is 61.3 Å². The van der Waals surface area contributed by atoms with Crippen molar-refractivity contribution in [2.75, 3.05) is 36.6 Å². The Morgan fingerprint density at radius 3 is 2.31 bits per heavy atom. The van der Waals surface area contributed by atoms with Crippen molar-refractivity contribution >= 4 is 23.3 Å². The first-order chi connectivity index (χ1) is 13.9. The maximum Gasteiger partial charge on any atom is 0.232 e. The van der Waals surface area contributed by atoms with Gasteiger partial charge in [-0.15, -0.1) is 0 Å². The van der Waals surface area contributed by atoms with Crippen LogP contribution in [-0.2, 0) is 13.1 Å². The van der Waals surface area contributed by atoms with Crippen molar-refractivity contribution in [2.24, 2.45) is 0 Å². The molecular formula is C22H29N7. The summed E-state index contributed by atoms with van der Waals surface area (Å²) in [4.78, 5) is 17.5. The number of nitrogens with zero attached hydrogens (tertiary/aromatic N) is 5. The molecule has 152 valence electrons. The molecule has 0 radical (unpaired) electrons. The zero-order valence-electron chi connectivity index (χ0n) is 17.6. The van der Waals surface area contributed by atoms with Gasteiger partial charge in [-0.25, -0.2) is 0 Å². The second kappa shape index (κ2) is 9.34. The first kappa shape index (κ1) is 20.5. The molecule has 1 aromatic heterocycles. The van der Waals surface area contributed by atoms with Crippen molar-refractivity contribution in [3.8, 4) is 0 Å². The summed E-state index contributed by atoms with van der Waals surface area (Å²) in [5.74, 6) is 1.34. The Morgan fingerprint density at radius 2 is 1.66 bits per heavy atom. The van der Waals surface area contributed by atoms with Gasteiger partial charge in [0.05, 0.1) is 6.54 Å². The van der Waals surface area contributed by atoms with Gasteiger partial charge in [0, 0.05) is 32.0 Å². The number of nitrogen functional groups attached to an aromatic ring is 1. The molecule has 7 heteroatoms. The zero-order chi connectivity index (χ0) is 20.8. The minimum atomic E-state index is 0.220. The number of benzene rings is 2. The maximum atomic E-state index is 5.94. The van der Waals surface area contributed by atoms with E-state index < -0.39 is 0 Å². The van der Waals surface area contributed by atoms with Gasteiger partial charge in [-0.05, 0) is 42.8 Å². The van der Waals surface area contributed by atoms with E-state index in [-0.39, 0.29) is 5.95 Å². The SMILES string of the molecule is CCN(Cc1ccc(N(C)C)cc1)Cc1nc(N)nc(Nc2ccccc2C)n1. The van der Waals surface area contributed by atoms with E-state index >= 15 is 0 Å². The Morgan fingerprint density at radius 1 is 0.931 bits per heavy atom. The van der Waals surface area contributed by atoms with Gasteiger partial charge in [0.2, 0.25) is 11.9 Å². The smallest absolute Gasteiger partial charge is 0.232 e. The molecule has 0 aliphatic rings. The lowest BCUT2D eigenvalue weighted by Crippen LogP contribution is -2.24. The second-order valence-corrected chi connectivity index (χ2v) is 7.24. The van der Waals surface area contributed by atoms with E-state index in [4.69, 9.17) is 5.73 Å². The van der Waals surface area contributed by atoms with Crippen LogP contribution >= 0.6 is 0 Å². The van der Waals surface area contributed by atoms with Crippen LogP contribution in [-0.4, -0.2) is 40.5 Å². The fourth-order valence-electron chi connectivity index (χ4n) is 3.04. The van der Waals surface area contributed by atoms with Crippen LogP contribution < -0.4 is 16.0 Å². The summed E-state index contributed by atoms with van der Waals surface area (Å²) < 4.78 is 0. The predicted octanol–water partition coefficient (Wildman–Crippen LogP) is 3.59. The number of nitrogens with two attached hydrogens (primary N) is 1. The van der Waals surface area contributed by atoms with Crippen LogP contribution in [0.2, 0.25) is 0 Å². The van der Waals surface area contributed by atoms with Crippen molar-refractivity contribution in [1.29, 1.82) is 0 Å². The molecule has 3 N–H and O–H groups in total. The number of anilines is 4. The lowest BCUT2D eigenvalue weighted by molar-refractivity contribution is 0.264. The van der Waals surface area contributed by atoms with Crippen LogP contribution in [0.1, 0.15) is 23.9 Å². The first-order valence-electron chi connectivity index (χ1n) is 9.76. The van der Waals surface area contributed by atoms with E-state index in [1.165, 1.54) is 11.3 Å². The predicted molar refractivity (Wildman–Crippen MR) is 119 cm³/mol. The third kappa shape index (κ3) is 5.65. The van der Waals surface area contributed by atoms with Gasteiger partial charge in [-0.2, -0.15) is 15.0 Å². The Balaban J connectivity index is 1.72. The number of aryl methyl sites for hydroxylation is 1. The normalized spacial score (nSPS) is 10.9. The Bertz CT molecular complexity index is 938. The molecule has 0 spiro atoms. The van der Waals surface area contributed by atoms with Gasteiger partial charge in [-0.1, -0.05) is 37.3 Å². The number of hydrogen-bond donors (Lipinski definition) is 2. The van der Waals surface area contributed by atoms with Gasteiger partial charge < -0.3 is 16.0 Å². The van der Waals surface area contributed by atoms with Crippen LogP contribution in [0.4, 0.5) is 23.3 Å². The lowest BCUT2D eigenvalue weighted by Gasteiger charge is -2.20. The minimum Gasteiger partial charge on any atom is -0.378 e. The molecule has 3 rings (SSSR count). The number of para-hydroxylation sites is 1. The molecule has 2 aromatic carbocycles. The highest BCUT2D eigenvalue weighted by molar-refractivity contribution is 5.58. The molecule has 1 heterocycles. The van der Waals surface area contributed by atoms with Gasteiger partial charge in [0.15, 0.2) is 0 Å². The van der Waals surface area contributed by atoms with Gasteiger partial charge in [0.1, 0.15) is 5.82 Å². The fraction of sp³-hybridized carbons (Fsp3) is 0.318. The fourth-order valence-corrected chi connectivity index (χ4v) is 3.04. The topological polar surface area (TPSA) is 83.2 Å². The van der Waals surface area contributed by atoms with Crippen LogP contribution in [0.3, 0.4) is 0 Å². The monoisotopic (exact) mass is 391 g/mol. The number of aromatic nitrogens is 3. The van der Waals surface area contributed by atoms with E-state index in [0.717, 1.165) is 24.3 Å². The van der Waals surface area contributed by atoms with Crippen molar-refractivity contribution in [1.82, 2.24) is 19.9 Å². The highest BCUT2D eigenvalue weighted by atomic mass is 15.2. The Labute approximate surface area is 172 Å². The number of nitrogens with one attached hydrogen (secondary N) is 1. The van der Waals surface area contributed by atoms with Crippen LogP contribution in [0, 0.1) is 6.92 Å². The summed E-state index contributed by atoms with van der Waals surface area (Å²) in [6.07, 6.45) is 0. The minimum absolute atomic E-state index is 0.220. The molecule has 0 saturated heterocycles. The van der Waals surface area contributed by atoms with Crippen molar-refractivity contribution in [3.63, 3.8) is 0 Å². The largest absolute Gasteiger partial charge is 0.378 e. The molecular weight excluding hydrogens is 362 g/mol. The molecule has 0 aliphatic carbocycles. The molecule has 7 nitrogen and oxygen atoms in total. The molecule has 0 atom stereocenters. The zero-order valence-corrected chi connectivity index (χ0v) is 17.6. The third-order valence-electron chi connectivity index (χ3n) is 4.76. The standard InChI is InChI=1S/C22H29N7/c1-5-29(14-17-10-12-18(13-11-17)28(3)4)15-20-25-21(23)27-22(26-20)24-19-9-7-6-8-16(19)2/h6-13H,5,14-15H2,1-4H3,(H3,23,24,25,26,27). The number of hydrogen-bond acceptors (Lipinski definition) is 7. The van der Waals surface area contributed by atoms with Gasteiger partial charge in [0.25, 0.3) is 0 Å². The molecule has 0 unspecified atom stereocenters. The van der Waals surface area contributed by atoms with Crippen LogP contribution in [0.25, 0.3) is 0 Å². The van der Waals surface area contributed by atoms with Gasteiger partial charge in [-0.3, -0.25) is 4.90 Å². The molecule has 3 aromatic rings. The average Bonchev–Trinajstić information content (AvgIpc) is 2.69. The highest BCUT2D eigenvalue weighted by Crippen LogP contribution is 2.19. The van der Waals surface area contributed by atoms with Crippen molar-refractivity contribution in [3.05, 3.63) is 65.5 Å². The third-order valence-corrected chi connectivity index (χ3v) is 4.76. The van der Waals surface area contributed by atoms with E-state index in [0.29, 0.717) is 18.3 Å². The molecule has 0 saturated carbocycles. The first-order valence-corrected chi connectivity index (χ1v) is 9.76. The summed E-state index contributed by atoms with van der Waals surface area (Å²) in [5.41, 5.74) is 10.4. The van der Waals surface area contributed by atoms with Crippen LogP contribution in [0.15, 0.2) is 48.5 Å². The second-order valence-electron chi connectivity index (χ2n) is 7.24. The Kier molecular flexibility index (Phi) is 6.61. The van der Waals surface area contributed by atoms with E-state index in [9.17, 15) is 0 Å². The summed E-state index contributed by atoms with van der Waals surface area (Å²) in [6.45, 7) is 6.46. The lowest BCUT2D eigenvalue weighted by atomic mass is 10.2. The average molecular weight is 392 g/mol. The highest BCUT2D eigenvalue weighted by Gasteiger charge is 2.11. The number of rotatable bonds is 8. The van der Waals surface area contributed by atoms with E-state index in [1.807, 2.05) is 45.3 Å². The summed E-state index contributed by atoms with van der Waals surface area (Å²) in [6, 6.07) is 16.6. The molecule has 0 bridgehead atoms. The molecule has 0 fully saturated rings. The summed E-state index contributed by atoms with van der Waals surface area (Å²) in [7, 11) is 4.09.